The number of nitrogens with one attached hydrogen (secondary N) is 2. The second-order valence-corrected chi connectivity index (χ2v) is 9.19. The Morgan fingerprint density at radius 3 is 2.62 bits per heavy atom. The molecule has 1 aliphatic carbocycles. The van der Waals surface area contributed by atoms with Crippen LogP contribution >= 0.6 is 0 Å². The molecule has 1 saturated heterocycles. The van der Waals surface area contributed by atoms with E-state index in [-0.39, 0.29) is 17.4 Å². The van der Waals surface area contributed by atoms with Crippen molar-refractivity contribution in [2.45, 2.75) is 51.0 Å². The number of anilines is 4. The first-order valence-electron chi connectivity index (χ1n) is 10.8. The Morgan fingerprint density at radius 2 is 2.03 bits per heavy atom. The summed E-state index contributed by atoms with van der Waals surface area (Å²) in [4.78, 5) is 26.2. The van der Waals surface area contributed by atoms with Gasteiger partial charge in [-0.1, -0.05) is 0 Å². The molecule has 2 aliphatic heterocycles. The molecule has 170 valence electrons. The number of hydrogen-bond donors (Lipinski definition) is 2. The maximum absolute atomic E-state index is 14.3. The van der Waals surface area contributed by atoms with Gasteiger partial charge in [-0.05, 0) is 19.8 Å². The van der Waals surface area contributed by atoms with Crippen molar-refractivity contribution in [1.82, 2.24) is 15.0 Å². The van der Waals surface area contributed by atoms with E-state index in [1.165, 1.54) is 6.92 Å². The molecule has 0 aromatic carbocycles. The van der Waals surface area contributed by atoms with Gasteiger partial charge in [-0.25, -0.2) is 15.0 Å². The molecule has 0 radical (unpaired) electrons. The largest absolute Gasteiger partial charge is 0.381 e. The van der Waals surface area contributed by atoms with Crippen LogP contribution in [-0.2, 0) is 20.9 Å². The third-order valence-corrected chi connectivity index (χ3v) is 6.49. The van der Waals surface area contributed by atoms with E-state index in [0.717, 1.165) is 31.0 Å². The standard InChI is InChI=1S/C22H26F2N6O2/c1-12(14-9-32-10-14)26-18-7-19(29-20(28-18)21(3,23)24)30-11-22(4-5-22)15-8-25-17(6-16(15)30)27-13(2)31/h6-8,12,14H,4-5,9-11H2,1-3H3,(H,25,27,31)(H,26,28,29). The monoisotopic (exact) mass is 444 g/mol. The summed E-state index contributed by atoms with van der Waals surface area (Å²) < 4.78 is 33.8. The predicted octanol–water partition coefficient (Wildman–Crippen LogP) is 3.57. The minimum atomic E-state index is -3.19. The van der Waals surface area contributed by atoms with E-state index in [0.29, 0.717) is 43.1 Å². The molecule has 4 heterocycles. The van der Waals surface area contributed by atoms with Crippen molar-refractivity contribution in [1.29, 1.82) is 0 Å². The summed E-state index contributed by atoms with van der Waals surface area (Å²) in [5, 5.41) is 5.96. The molecule has 2 fully saturated rings. The molecule has 3 aliphatic rings. The minimum Gasteiger partial charge on any atom is -0.381 e. The van der Waals surface area contributed by atoms with Gasteiger partial charge in [0.15, 0.2) is 0 Å². The lowest BCUT2D eigenvalue weighted by molar-refractivity contribution is -0.114. The molecule has 32 heavy (non-hydrogen) atoms. The van der Waals surface area contributed by atoms with Gasteiger partial charge in [0, 0.05) is 61.7 Å². The number of amides is 1. The molecule has 2 N–H and O–H groups in total. The van der Waals surface area contributed by atoms with Crippen molar-refractivity contribution >= 4 is 29.0 Å². The Bertz CT molecular complexity index is 1060. The molecule has 1 saturated carbocycles. The van der Waals surface area contributed by atoms with Crippen molar-refractivity contribution in [2.75, 3.05) is 35.3 Å². The van der Waals surface area contributed by atoms with Gasteiger partial charge in [0.2, 0.25) is 11.7 Å². The molecule has 1 unspecified atom stereocenters. The van der Waals surface area contributed by atoms with Crippen LogP contribution in [0.3, 0.4) is 0 Å². The molecule has 8 nitrogen and oxygen atoms in total. The summed E-state index contributed by atoms with van der Waals surface area (Å²) in [6, 6.07) is 3.53. The normalized spacial score (nSPS) is 20.0. The van der Waals surface area contributed by atoms with E-state index in [1.807, 2.05) is 11.8 Å². The third kappa shape index (κ3) is 3.76. The van der Waals surface area contributed by atoms with Gasteiger partial charge in [-0.15, -0.1) is 0 Å². The van der Waals surface area contributed by atoms with Crippen LogP contribution in [0.15, 0.2) is 18.3 Å². The van der Waals surface area contributed by atoms with Crippen LogP contribution < -0.4 is 15.5 Å². The van der Waals surface area contributed by atoms with Gasteiger partial charge in [0.1, 0.15) is 17.5 Å². The summed E-state index contributed by atoms with van der Waals surface area (Å²) in [5.41, 5.74) is 1.85. The highest BCUT2D eigenvalue weighted by Gasteiger charge is 2.53. The molecule has 0 bridgehead atoms. The molecule has 1 spiro atoms. The van der Waals surface area contributed by atoms with Crippen molar-refractivity contribution < 1.29 is 18.3 Å². The number of alkyl halides is 2. The molecule has 1 atom stereocenters. The summed E-state index contributed by atoms with van der Waals surface area (Å²) in [6.45, 7) is 6.13. The number of hydrogen-bond acceptors (Lipinski definition) is 7. The highest BCUT2D eigenvalue weighted by Crippen LogP contribution is 2.58. The first-order chi connectivity index (χ1) is 15.1. The average Bonchev–Trinajstić information content (AvgIpc) is 3.36. The van der Waals surface area contributed by atoms with E-state index in [4.69, 9.17) is 4.74 Å². The number of ether oxygens (including phenoxy) is 1. The second kappa shape index (κ2) is 7.33. The molecule has 10 heteroatoms. The number of nitrogens with zero attached hydrogens (tertiary/aromatic N) is 4. The van der Waals surface area contributed by atoms with E-state index < -0.39 is 11.7 Å². The minimum absolute atomic E-state index is 0.0287. The van der Waals surface area contributed by atoms with E-state index in [9.17, 15) is 13.6 Å². The molecule has 1 amide bonds. The fraction of sp³-hybridized carbons (Fsp3) is 0.545. The summed E-state index contributed by atoms with van der Waals surface area (Å²) >= 11 is 0. The zero-order chi connectivity index (χ0) is 22.7. The topological polar surface area (TPSA) is 92.3 Å². The van der Waals surface area contributed by atoms with Gasteiger partial charge in [-0.3, -0.25) is 4.79 Å². The van der Waals surface area contributed by atoms with Crippen LogP contribution in [0.5, 0.6) is 0 Å². The Kier molecular flexibility index (Phi) is 4.81. The molecule has 2 aromatic heterocycles. The first-order valence-corrected chi connectivity index (χ1v) is 10.8. The van der Waals surface area contributed by atoms with E-state index in [2.05, 4.69) is 25.6 Å². The van der Waals surface area contributed by atoms with Crippen molar-refractivity contribution in [3.63, 3.8) is 0 Å². The number of aromatic nitrogens is 3. The van der Waals surface area contributed by atoms with Crippen LogP contribution in [0.1, 0.15) is 45.0 Å². The molecule has 2 aromatic rings. The lowest BCUT2D eigenvalue weighted by atomic mass is 10.00. The Balaban J connectivity index is 1.54. The average molecular weight is 444 g/mol. The van der Waals surface area contributed by atoms with Crippen LogP contribution in [-0.4, -0.2) is 46.7 Å². The van der Waals surface area contributed by atoms with Gasteiger partial charge in [-0.2, -0.15) is 8.78 Å². The SMILES string of the molecule is CC(=O)Nc1cc2c(cn1)C1(CC1)CN2c1cc(NC(C)C2COC2)nc(C(C)(F)F)n1. The highest BCUT2D eigenvalue weighted by atomic mass is 19.3. The predicted molar refractivity (Wildman–Crippen MR) is 115 cm³/mol. The number of fused-ring (bicyclic) bond motifs is 2. The fourth-order valence-corrected chi connectivity index (χ4v) is 4.32. The van der Waals surface area contributed by atoms with Gasteiger partial charge in [0.25, 0.3) is 0 Å². The first kappa shape index (κ1) is 21.0. The quantitative estimate of drug-likeness (QED) is 0.704. The smallest absolute Gasteiger partial charge is 0.303 e. The number of carbonyl (C=O) groups excluding carboxylic acids is 1. The van der Waals surface area contributed by atoms with Crippen LogP contribution in [0.2, 0.25) is 0 Å². The summed E-state index contributed by atoms with van der Waals surface area (Å²) in [6.07, 6.45) is 3.79. The van der Waals surface area contributed by atoms with Crippen molar-refractivity contribution in [2.24, 2.45) is 5.92 Å². The van der Waals surface area contributed by atoms with Gasteiger partial charge in [0.05, 0.1) is 18.9 Å². The zero-order valence-corrected chi connectivity index (χ0v) is 18.3. The number of carbonyl (C=O) groups is 1. The third-order valence-electron chi connectivity index (χ3n) is 6.49. The Hall–Kier alpha value is -2.88. The van der Waals surface area contributed by atoms with E-state index in [1.54, 1.807) is 18.3 Å². The van der Waals surface area contributed by atoms with Gasteiger partial charge >= 0.3 is 5.92 Å². The maximum Gasteiger partial charge on any atom is 0.303 e. The number of halogens is 2. The second-order valence-electron chi connectivity index (χ2n) is 9.19. The lowest BCUT2D eigenvalue weighted by Crippen LogP contribution is -2.40. The van der Waals surface area contributed by atoms with Crippen LogP contribution in [0.25, 0.3) is 0 Å². The summed E-state index contributed by atoms with van der Waals surface area (Å²) in [7, 11) is 0. The fourth-order valence-electron chi connectivity index (χ4n) is 4.32. The number of rotatable bonds is 6. The Labute approximate surface area is 184 Å². The zero-order valence-electron chi connectivity index (χ0n) is 18.3. The van der Waals surface area contributed by atoms with Gasteiger partial charge < -0.3 is 20.3 Å². The van der Waals surface area contributed by atoms with Crippen molar-refractivity contribution in [3.05, 3.63) is 29.7 Å². The molecular formula is C22H26F2N6O2. The van der Waals surface area contributed by atoms with Crippen LogP contribution in [0, 0.1) is 5.92 Å². The van der Waals surface area contributed by atoms with Crippen molar-refractivity contribution in [3.8, 4) is 0 Å². The molecule has 5 rings (SSSR count). The molecular weight excluding hydrogens is 418 g/mol. The highest BCUT2D eigenvalue weighted by molar-refractivity contribution is 5.89. The van der Waals surface area contributed by atoms with Crippen LogP contribution in [0.4, 0.5) is 31.9 Å². The Morgan fingerprint density at radius 1 is 1.28 bits per heavy atom. The summed E-state index contributed by atoms with van der Waals surface area (Å²) in [5.74, 6) is -2.43. The lowest BCUT2D eigenvalue weighted by Gasteiger charge is -2.32. The maximum atomic E-state index is 14.3. The number of pyridine rings is 1. The van der Waals surface area contributed by atoms with E-state index >= 15 is 0 Å².